The molecular formula is C22H32N2O5S. The molecule has 2 bridgehead atoms. The van der Waals surface area contributed by atoms with Gasteiger partial charge in [-0.05, 0) is 56.1 Å². The SMILES string of the molecule is CS(=O)(=O)N[C@H]1CCCCN2C(=O)COc3ccccc3C3CCC(CC3)OCC12. The summed E-state index contributed by atoms with van der Waals surface area (Å²) in [6.07, 6.45) is 7.70. The van der Waals surface area contributed by atoms with Gasteiger partial charge in [0.1, 0.15) is 5.75 Å². The quantitative estimate of drug-likeness (QED) is 0.770. The van der Waals surface area contributed by atoms with E-state index in [0.29, 0.717) is 25.5 Å². The fourth-order valence-electron chi connectivity index (χ4n) is 5.10. The lowest BCUT2D eigenvalue weighted by atomic mass is 9.82. The van der Waals surface area contributed by atoms with Crippen molar-refractivity contribution in [3.8, 4) is 5.75 Å². The Hall–Kier alpha value is -1.64. The molecule has 7 nitrogen and oxygen atoms in total. The number of fused-ring (bicyclic) bond motifs is 5. The molecule has 2 atom stereocenters. The second kappa shape index (κ2) is 9.24. The Morgan fingerprint density at radius 2 is 1.83 bits per heavy atom. The predicted molar refractivity (Wildman–Crippen MR) is 114 cm³/mol. The number of ether oxygens (including phenoxy) is 2. The highest BCUT2D eigenvalue weighted by Crippen LogP contribution is 2.38. The highest BCUT2D eigenvalue weighted by molar-refractivity contribution is 7.88. The van der Waals surface area contributed by atoms with Gasteiger partial charge in [-0.3, -0.25) is 4.79 Å². The number of hydrogen-bond donors (Lipinski definition) is 1. The molecule has 3 heterocycles. The molecule has 8 heteroatoms. The normalized spacial score (nSPS) is 30.7. The summed E-state index contributed by atoms with van der Waals surface area (Å²) in [4.78, 5) is 15.0. The lowest BCUT2D eigenvalue weighted by molar-refractivity contribution is -0.138. The monoisotopic (exact) mass is 436 g/mol. The first kappa shape index (κ1) is 21.6. The van der Waals surface area contributed by atoms with E-state index >= 15 is 0 Å². The molecule has 1 saturated heterocycles. The molecule has 5 rings (SSSR count). The van der Waals surface area contributed by atoms with Crippen molar-refractivity contribution in [2.75, 3.05) is 26.0 Å². The molecule has 1 unspecified atom stereocenters. The van der Waals surface area contributed by atoms with Crippen LogP contribution in [-0.4, -0.2) is 63.4 Å². The van der Waals surface area contributed by atoms with Crippen molar-refractivity contribution in [1.29, 1.82) is 0 Å². The molecule has 3 aliphatic heterocycles. The zero-order chi connectivity index (χ0) is 21.1. The number of nitrogens with zero attached hydrogens (tertiary/aromatic N) is 1. The van der Waals surface area contributed by atoms with Crippen molar-refractivity contribution < 1.29 is 22.7 Å². The van der Waals surface area contributed by atoms with E-state index in [1.807, 2.05) is 18.2 Å². The molecule has 30 heavy (non-hydrogen) atoms. The van der Waals surface area contributed by atoms with Gasteiger partial charge in [-0.2, -0.15) is 0 Å². The number of nitrogens with one attached hydrogen (secondary N) is 1. The van der Waals surface area contributed by atoms with Crippen LogP contribution in [-0.2, 0) is 19.6 Å². The summed E-state index contributed by atoms with van der Waals surface area (Å²) in [7, 11) is -3.39. The topological polar surface area (TPSA) is 84.9 Å². The molecular weight excluding hydrogens is 404 g/mol. The van der Waals surface area contributed by atoms with E-state index < -0.39 is 10.0 Å². The third-order valence-electron chi connectivity index (χ3n) is 6.60. The van der Waals surface area contributed by atoms with Crippen molar-refractivity contribution in [3.63, 3.8) is 0 Å². The second-order valence-corrected chi connectivity index (χ2v) is 10.6. The highest BCUT2D eigenvalue weighted by atomic mass is 32.2. The Balaban J connectivity index is 1.63. The van der Waals surface area contributed by atoms with Crippen molar-refractivity contribution in [3.05, 3.63) is 29.8 Å². The molecule has 1 amide bonds. The average Bonchev–Trinajstić information content (AvgIpc) is 2.91. The molecule has 0 aromatic heterocycles. The fourth-order valence-corrected chi connectivity index (χ4v) is 5.92. The van der Waals surface area contributed by atoms with Crippen LogP contribution < -0.4 is 9.46 Å². The largest absolute Gasteiger partial charge is 0.483 e. The van der Waals surface area contributed by atoms with E-state index in [4.69, 9.17) is 9.47 Å². The number of rotatable bonds is 2. The standard InChI is InChI=1S/C22H32N2O5S/c1-30(26,27)23-19-7-4-5-13-24-20(19)14-28-17-11-9-16(10-12-17)18-6-2-3-8-21(18)29-15-22(24)25/h2-3,6,8,16-17,19-20,23H,4-5,7,9-15H2,1H3/t16?,17?,19-,20?/m0/s1. The first-order chi connectivity index (χ1) is 14.4. The summed E-state index contributed by atoms with van der Waals surface area (Å²) in [6.45, 7) is 0.892. The minimum Gasteiger partial charge on any atom is -0.483 e. The Labute approximate surface area is 179 Å². The van der Waals surface area contributed by atoms with Crippen LogP contribution in [0.1, 0.15) is 56.4 Å². The summed E-state index contributed by atoms with van der Waals surface area (Å²) >= 11 is 0. The van der Waals surface area contributed by atoms with Crippen molar-refractivity contribution in [2.45, 2.75) is 69.1 Å². The molecule has 0 radical (unpaired) electrons. The van der Waals surface area contributed by atoms with E-state index in [1.165, 1.54) is 11.8 Å². The van der Waals surface area contributed by atoms with Crippen LogP contribution in [0.2, 0.25) is 0 Å². The average molecular weight is 437 g/mol. The smallest absolute Gasteiger partial charge is 0.260 e. The van der Waals surface area contributed by atoms with Gasteiger partial charge < -0.3 is 14.4 Å². The molecule has 1 aliphatic carbocycles. The minimum atomic E-state index is -3.39. The Bertz CT molecular complexity index is 851. The third-order valence-corrected chi connectivity index (χ3v) is 7.33. The number of carbonyl (C=O) groups is 1. The molecule has 2 fully saturated rings. The van der Waals surface area contributed by atoms with Gasteiger partial charge in [0.25, 0.3) is 5.91 Å². The van der Waals surface area contributed by atoms with Gasteiger partial charge in [0.2, 0.25) is 10.0 Å². The summed E-state index contributed by atoms with van der Waals surface area (Å²) in [5, 5.41) is 0. The van der Waals surface area contributed by atoms with Crippen LogP contribution in [0.4, 0.5) is 0 Å². The summed E-state index contributed by atoms with van der Waals surface area (Å²) < 4.78 is 39.0. The zero-order valence-electron chi connectivity index (χ0n) is 17.6. The molecule has 1 aromatic carbocycles. The number of carbonyl (C=O) groups excluding carboxylic acids is 1. The molecule has 1 saturated carbocycles. The van der Waals surface area contributed by atoms with Gasteiger partial charge in [-0.15, -0.1) is 0 Å². The van der Waals surface area contributed by atoms with Crippen molar-refractivity contribution in [2.24, 2.45) is 0 Å². The first-order valence-electron chi connectivity index (χ1n) is 11.0. The van der Waals surface area contributed by atoms with Crippen LogP contribution >= 0.6 is 0 Å². The molecule has 166 valence electrons. The maximum Gasteiger partial charge on any atom is 0.260 e. The fraction of sp³-hybridized carbons (Fsp3) is 0.682. The van der Waals surface area contributed by atoms with Crippen LogP contribution in [0.5, 0.6) is 5.75 Å². The van der Waals surface area contributed by atoms with Gasteiger partial charge in [0.15, 0.2) is 6.61 Å². The van der Waals surface area contributed by atoms with Gasteiger partial charge in [-0.25, -0.2) is 13.1 Å². The summed E-state index contributed by atoms with van der Waals surface area (Å²) in [5.41, 5.74) is 1.17. The van der Waals surface area contributed by atoms with Crippen LogP contribution in [0.15, 0.2) is 24.3 Å². The number of benzene rings is 1. The van der Waals surface area contributed by atoms with Gasteiger partial charge in [0.05, 0.1) is 25.0 Å². The van der Waals surface area contributed by atoms with Crippen molar-refractivity contribution >= 4 is 15.9 Å². The number of para-hydroxylation sites is 1. The summed E-state index contributed by atoms with van der Waals surface area (Å²) in [6, 6.07) is 7.34. The minimum absolute atomic E-state index is 0.0464. The highest BCUT2D eigenvalue weighted by Gasteiger charge is 2.36. The van der Waals surface area contributed by atoms with Gasteiger partial charge >= 0.3 is 0 Å². The summed E-state index contributed by atoms with van der Waals surface area (Å²) in [5.74, 6) is 1.08. The molecule has 1 N–H and O–H groups in total. The van der Waals surface area contributed by atoms with Crippen LogP contribution in [0.25, 0.3) is 0 Å². The number of hydrogen-bond acceptors (Lipinski definition) is 5. The third kappa shape index (κ3) is 5.15. The Morgan fingerprint density at radius 1 is 1.07 bits per heavy atom. The maximum absolute atomic E-state index is 13.2. The number of sulfonamides is 1. The van der Waals surface area contributed by atoms with E-state index in [1.54, 1.807) is 4.90 Å². The molecule has 0 spiro atoms. The van der Waals surface area contributed by atoms with Gasteiger partial charge in [0, 0.05) is 12.6 Å². The van der Waals surface area contributed by atoms with Gasteiger partial charge in [-0.1, -0.05) is 24.6 Å². The Morgan fingerprint density at radius 3 is 2.60 bits per heavy atom. The number of amides is 1. The molecule has 1 aromatic rings. The zero-order valence-corrected chi connectivity index (χ0v) is 18.4. The van der Waals surface area contributed by atoms with Crippen LogP contribution in [0, 0.1) is 0 Å². The lowest BCUT2D eigenvalue weighted by Gasteiger charge is -2.36. The van der Waals surface area contributed by atoms with Crippen LogP contribution in [0.3, 0.4) is 0 Å². The Kier molecular flexibility index (Phi) is 6.65. The predicted octanol–water partition coefficient (Wildman–Crippen LogP) is 2.42. The second-order valence-electron chi connectivity index (χ2n) is 8.78. The van der Waals surface area contributed by atoms with E-state index in [9.17, 15) is 13.2 Å². The van der Waals surface area contributed by atoms with Crippen molar-refractivity contribution in [1.82, 2.24) is 9.62 Å². The van der Waals surface area contributed by atoms with E-state index in [0.717, 1.165) is 44.3 Å². The molecule has 4 aliphatic rings. The first-order valence-corrected chi connectivity index (χ1v) is 12.9. The lowest BCUT2D eigenvalue weighted by Crippen LogP contribution is -2.55. The van der Waals surface area contributed by atoms with E-state index in [2.05, 4.69) is 10.8 Å². The van der Waals surface area contributed by atoms with E-state index in [-0.39, 0.29) is 30.7 Å². The maximum atomic E-state index is 13.2.